The first-order valence-electron chi connectivity index (χ1n) is 4.10. The predicted octanol–water partition coefficient (Wildman–Crippen LogP) is -1.92. The number of nitrogens with zero attached hydrogens (tertiary/aromatic N) is 1. The summed E-state index contributed by atoms with van der Waals surface area (Å²) < 4.78 is 0. The van der Waals surface area contributed by atoms with Crippen LogP contribution in [0.3, 0.4) is 0 Å². The van der Waals surface area contributed by atoms with Gasteiger partial charge in [0.1, 0.15) is 0 Å². The molecule has 0 atom stereocenters. The summed E-state index contributed by atoms with van der Waals surface area (Å²) in [6.07, 6.45) is 0. The molecule has 0 saturated carbocycles. The van der Waals surface area contributed by atoms with Crippen molar-refractivity contribution >= 4 is 11.9 Å². The van der Waals surface area contributed by atoms with E-state index < -0.39 is 6.03 Å². The molecular weight excluding hydrogens is 172 g/mol. The van der Waals surface area contributed by atoms with E-state index in [0.29, 0.717) is 6.04 Å². The Kier molecular flexibility index (Phi) is 3.21. The molecule has 0 spiro atoms. The lowest BCUT2D eigenvalue weighted by Crippen LogP contribution is -2.57. The normalized spacial score (nSPS) is 16.8. The van der Waals surface area contributed by atoms with E-state index in [9.17, 15) is 9.59 Å². The molecule has 0 aromatic heterocycles. The second-order valence-electron chi connectivity index (χ2n) is 3.14. The first-order chi connectivity index (χ1) is 6.09. The molecule has 0 aromatic rings. The van der Waals surface area contributed by atoms with Crippen LogP contribution in [-0.2, 0) is 4.79 Å². The van der Waals surface area contributed by atoms with Crippen LogP contribution in [-0.4, -0.2) is 49.6 Å². The molecule has 0 aliphatic carbocycles. The molecule has 3 amide bonds. The summed E-state index contributed by atoms with van der Waals surface area (Å²) in [5, 5.41) is 5.11. The van der Waals surface area contributed by atoms with Crippen LogP contribution in [0.4, 0.5) is 4.79 Å². The minimum atomic E-state index is -0.801. The first kappa shape index (κ1) is 9.94. The van der Waals surface area contributed by atoms with Crippen LogP contribution in [0.25, 0.3) is 0 Å². The second-order valence-corrected chi connectivity index (χ2v) is 3.14. The Balaban J connectivity index is 2.22. The molecule has 0 aromatic carbocycles. The van der Waals surface area contributed by atoms with Gasteiger partial charge in [-0.2, -0.15) is 0 Å². The molecule has 6 heteroatoms. The van der Waals surface area contributed by atoms with Gasteiger partial charge >= 0.3 is 6.03 Å². The van der Waals surface area contributed by atoms with Gasteiger partial charge in [0.05, 0.1) is 6.54 Å². The topological polar surface area (TPSA) is 87.5 Å². The fourth-order valence-corrected chi connectivity index (χ4v) is 1.12. The average Bonchev–Trinajstić information content (AvgIpc) is 1.78. The SMILES string of the molecule is CN(CC(=O)NC(N)=O)C1CNC1. The lowest BCUT2D eigenvalue weighted by atomic mass is 10.1. The molecule has 1 aliphatic heterocycles. The molecule has 1 rings (SSSR count). The van der Waals surface area contributed by atoms with Crippen LogP contribution in [0.1, 0.15) is 0 Å². The lowest BCUT2D eigenvalue weighted by molar-refractivity contribution is -0.121. The first-order valence-corrected chi connectivity index (χ1v) is 4.10. The summed E-state index contributed by atoms with van der Waals surface area (Å²) >= 11 is 0. The highest BCUT2D eigenvalue weighted by Crippen LogP contribution is 2.00. The van der Waals surface area contributed by atoms with Gasteiger partial charge in [-0.25, -0.2) is 4.79 Å². The van der Waals surface area contributed by atoms with Gasteiger partial charge in [-0.15, -0.1) is 0 Å². The van der Waals surface area contributed by atoms with Crippen molar-refractivity contribution in [2.45, 2.75) is 6.04 Å². The van der Waals surface area contributed by atoms with Gasteiger partial charge < -0.3 is 11.1 Å². The molecule has 74 valence electrons. The summed E-state index contributed by atoms with van der Waals surface area (Å²) in [6, 6.07) is -0.413. The Morgan fingerprint density at radius 1 is 1.62 bits per heavy atom. The van der Waals surface area contributed by atoms with E-state index in [-0.39, 0.29) is 12.5 Å². The molecule has 0 radical (unpaired) electrons. The Morgan fingerprint density at radius 2 is 2.23 bits per heavy atom. The summed E-state index contributed by atoms with van der Waals surface area (Å²) in [5.41, 5.74) is 4.79. The Bertz CT molecular complexity index is 215. The van der Waals surface area contributed by atoms with Gasteiger partial charge in [-0.1, -0.05) is 0 Å². The maximum Gasteiger partial charge on any atom is 0.318 e. The minimum Gasteiger partial charge on any atom is -0.351 e. The van der Waals surface area contributed by atoms with Crippen LogP contribution in [0, 0.1) is 0 Å². The molecule has 1 aliphatic rings. The highest BCUT2D eigenvalue weighted by molar-refractivity contribution is 5.94. The monoisotopic (exact) mass is 186 g/mol. The van der Waals surface area contributed by atoms with Crippen LogP contribution in [0.15, 0.2) is 0 Å². The number of primary amides is 1. The number of nitrogens with two attached hydrogens (primary N) is 1. The van der Waals surface area contributed by atoms with Crippen molar-refractivity contribution in [1.82, 2.24) is 15.5 Å². The molecule has 6 nitrogen and oxygen atoms in total. The number of amides is 3. The standard InChI is InChI=1S/C7H14N4O2/c1-11(5-2-9-3-5)4-6(12)10-7(8)13/h5,9H,2-4H2,1H3,(H3,8,10,12,13). The van der Waals surface area contributed by atoms with Gasteiger partial charge in [0.25, 0.3) is 0 Å². The van der Waals surface area contributed by atoms with Gasteiger partial charge in [-0.05, 0) is 7.05 Å². The van der Waals surface area contributed by atoms with Gasteiger partial charge in [0.15, 0.2) is 0 Å². The van der Waals surface area contributed by atoms with E-state index in [1.807, 2.05) is 17.3 Å². The Labute approximate surface area is 76.4 Å². The van der Waals surface area contributed by atoms with E-state index in [2.05, 4.69) is 5.32 Å². The van der Waals surface area contributed by atoms with Crippen LogP contribution < -0.4 is 16.4 Å². The number of hydrogen-bond donors (Lipinski definition) is 3. The molecule has 1 saturated heterocycles. The second kappa shape index (κ2) is 4.20. The Hall–Kier alpha value is -1.14. The molecule has 0 bridgehead atoms. The third-order valence-corrected chi connectivity index (χ3v) is 2.04. The van der Waals surface area contributed by atoms with Crippen molar-refractivity contribution in [3.8, 4) is 0 Å². The molecule has 1 fully saturated rings. The Morgan fingerprint density at radius 3 is 2.62 bits per heavy atom. The largest absolute Gasteiger partial charge is 0.351 e. The van der Waals surface area contributed by atoms with Gasteiger partial charge in [-0.3, -0.25) is 15.0 Å². The number of carbonyl (C=O) groups excluding carboxylic acids is 2. The number of rotatable bonds is 3. The zero-order valence-corrected chi connectivity index (χ0v) is 7.54. The van der Waals surface area contributed by atoms with Crippen LogP contribution in [0.2, 0.25) is 0 Å². The van der Waals surface area contributed by atoms with Crippen molar-refractivity contribution in [1.29, 1.82) is 0 Å². The molecule has 4 N–H and O–H groups in total. The smallest absolute Gasteiger partial charge is 0.318 e. The van der Waals surface area contributed by atoms with E-state index in [0.717, 1.165) is 13.1 Å². The van der Waals surface area contributed by atoms with Gasteiger partial charge in [0.2, 0.25) is 5.91 Å². The van der Waals surface area contributed by atoms with Crippen LogP contribution >= 0.6 is 0 Å². The zero-order chi connectivity index (χ0) is 9.84. The number of imide groups is 1. The maximum absolute atomic E-state index is 11.0. The summed E-state index contributed by atoms with van der Waals surface area (Å²) in [7, 11) is 1.84. The van der Waals surface area contributed by atoms with Crippen molar-refractivity contribution < 1.29 is 9.59 Å². The summed E-state index contributed by atoms with van der Waals surface area (Å²) in [4.78, 5) is 23.2. The van der Waals surface area contributed by atoms with E-state index in [1.165, 1.54) is 0 Å². The van der Waals surface area contributed by atoms with E-state index >= 15 is 0 Å². The van der Waals surface area contributed by atoms with E-state index in [4.69, 9.17) is 5.73 Å². The number of likely N-dealkylation sites (N-methyl/N-ethyl adjacent to an activating group) is 1. The highest BCUT2D eigenvalue weighted by Gasteiger charge is 2.22. The molecule has 13 heavy (non-hydrogen) atoms. The molecule has 1 heterocycles. The fourth-order valence-electron chi connectivity index (χ4n) is 1.12. The minimum absolute atomic E-state index is 0.204. The summed E-state index contributed by atoms with van der Waals surface area (Å²) in [5.74, 6) is -0.359. The van der Waals surface area contributed by atoms with Crippen molar-refractivity contribution in [2.75, 3.05) is 26.7 Å². The highest BCUT2D eigenvalue weighted by atomic mass is 16.2. The lowest BCUT2D eigenvalue weighted by Gasteiger charge is -2.34. The fraction of sp³-hybridized carbons (Fsp3) is 0.714. The number of carbonyl (C=O) groups is 2. The van der Waals surface area contributed by atoms with Crippen molar-refractivity contribution in [2.24, 2.45) is 5.73 Å². The van der Waals surface area contributed by atoms with E-state index in [1.54, 1.807) is 0 Å². The zero-order valence-electron chi connectivity index (χ0n) is 7.54. The number of hydrogen-bond acceptors (Lipinski definition) is 4. The van der Waals surface area contributed by atoms with Crippen LogP contribution in [0.5, 0.6) is 0 Å². The maximum atomic E-state index is 11.0. The molecule has 0 unspecified atom stereocenters. The predicted molar refractivity (Wildman–Crippen MR) is 47.0 cm³/mol. The van der Waals surface area contributed by atoms with Crippen molar-refractivity contribution in [3.63, 3.8) is 0 Å². The van der Waals surface area contributed by atoms with Crippen molar-refractivity contribution in [3.05, 3.63) is 0 Å². The molecular formula is C7H14N4O2. The number of nitrogens with one attached hydrogen (secondary N) is 2. The van der Waals surface area contributed by atoms with Gasteiger partial charge in [0, 0.05) is 19.1 Å². The third kappa shape index (κ3) is 3.00. The summed E-state index contributed by atoms with van der Waals surface area (Å²) in [6.45, 7) is 1.98. The third-order valence-electron chi connectivity index (χ3n) is 2.04. The quantitative estimate of drug-likeness (QED) is 0.479. The number of urea groups is 1. The average molecular weight is 186 g/mol.